The summed E-state index contributed by atoms with van der Waals surface area (Å²) < 4.78 is 5.20. The second kappa shape index (κ2) is 6.46. The largest absolute Gasteiger partial charge is 0.458 e. The number of hydrogen-bond donors (Lipinski definition) is 0. The van der Waals surface area contributed by atoms with Crippen molar-refractivity contribution >= 4 is 11.8 Å². The van der Waals surface area contributed by atoms with Crippen molar-refractivity contribution in [1.29, 1.82) is 0 Å². The first-order valence-electron chi connectivity index (χ1n) is 6.04. The fourth-order valence-corrected chi connectivity index (χ4v) is 1.77. The van der Waals surface area contributed by atoms with Gasteiger partial charge in [-0.3, -0.25) is 9.59 Å². The van der Waals surface area contributed by atoms with Crippen LogP contribution in [0.1, 0.15) is 52.4 Å². The third kappa shape index (κ3) is 4.17. The van der Waals surface area contributed by atoms with E-state index in [0.717, 1.165) is 25.7 Å². The van der Waals surface area contributed by atoms with Gasteiger partial charge in [0.05, 0.1) is 6.42 Å². The second-order valence-corrected chi connectivity index (χ2v) is 4.32. The van der Waals surface area contributed by atoms with Crippen LogP contribution in [0.15, 0.2) is 11.6 Å². The second-order valence-electron chi connectivity index (χ2n) is 4.32. The minimum Gasteiger partial charge on any atom is -0.458 e. The van der Waals surface area contributed by atoms with E-state index in [1.807, 2.05) is 0 Å². The van der Waals surface area contributed by atoms with Gasteiger partial charge >= 0.3 is 5.97 Å². The number of Topliss-reactive ketones (excluding diaryl/α,β-unsaturated/α-hetero) is 1. The van der Waals surface area contributed by atoms with Crippen LogP contribution in [0, 0.1) is 0 Å². The van der Waals surface area contributed by atoms with E-state index in [4.69, 9.17) is 4.74 Å². The Kier molecular flexibility index (Phi) is 5.23. The van der Waals surface area contributed by atoms with Crippen molar-refractivity contribution in [2.75, 3.05) is 0 Å². The number of ketones is 1. The number of carbonyl (C=O) groups is 2. The molecule has 0 aliphatic heterocycles. The topological polar surface area (TPSA) is 43.4 Å². The molecule has 0 aromatic carbocycles. The Bertz CT molecular complexity index is 292. The van der Waals surface area contributed by atoms with E-state index < -0.39 is 0 Å². The first-order chi connectivity index (χ1) is 7.63. The molecule has 90 valence electrons. The molecule has 1 aliphatic carbocycles. The minimum atomic E-state index is -0.314. The number of rotatable bonds is 6. The van der Waals surface area contributed by atoms with E-state index in [-0.39, 0.29) is 17.9 Å². The molecule has 1 unspecified atom stereocenters. The Morgan fingerprint density at radius 2 is 2.19 bits per heavy atom. The monoisotopic (exact) mass is 224 g/mol. The highest BCUT2D eigenvalue weighted by Gasteiger charge is 2.23. The van der Waals surface area contributed by atoms with Crippen LogP contribution in [-0.2, 0) is 14.3 Å². The molecule has 16 heavy (non-hydrogen) atoms. The summed E-state index contributed by atoms with van der Waals surface area (Å²) in [6.07, 6.45) is 6.50. The third-order valence-corrected chi connectivity index (χ3v) is 2.78. The summed E-state index contributed by atoms with van der Waals surface area (Å²) in [6.45, 7) is 3.90. The Morgan fingerprint density at radius 1 is 1.44 bits per heavy atom. The SMILES string of the molecule is CCCCCCC(=O)OC1C=C(C)C(=O)C1. The summed E-state index contributed by atoms with van der Waals surface area (Å²) in [5.74, 6) is -0.0939. The van der Waals surface area contributed by atoms with E-state index in [1.54, 1.807) is 13.0 Å². The average Bonchev–Trinajstić information content (AvgIpc) is 2.53. The lowest BCUT2D eigenvalue weighted by atomic mass is 10.1. The molecule has 0 N–H and O–H groups in total. The molecule has 3 nitrogen and oxygen atoms in total. The van der Waals surface area contributed by atoms with Gasteiger partial charge in [-0.1, -0.05) is 26.2 Å². The van der Waals surface area contributed by atoms with Crippen molar-refractivity contribution in [3.8, 4) is 0 Å². The molecule has 0 spiro atoms. The quantitative estimate of drug-likeness (QED) is 0.514. The number of esters is 1. The summed E-state index contributed by atoms with van der Waals surface area (Å²) in [5.41, 5.74) is 0.712. The van der Waals surface area contributed by atoms with Gasteiger partial charge in [0.25, 0.3) is 0 Å². The fourth-order valence-electron chi connectivity index (χ4n) is 1.77. The zero-order valence-electron chi connectivity index (χ0n) is 10.1. The predicted octanol–water partition coefficient (Wildman–Crippen LogP) is 2.79. The van der Waals surface area contributed by atoms with E-state index in [0.29, 0.717) is 18.4 Å². The molecule has 0 aromatic heterocycles. The molecule has 1 aliphatic rings. The first-order valence-corrected chi connectivity index (χ1v) is 6.04. The van der Waals surface area contributed by atoms with E-state index in [1.165, 1.54) is 0 Å². The highest BCUT2D eigenvalue weighted by Crippen LogP contribution is 2.17. The van der Waals surface area contributed by atoms with Gasteiger partial charge in [-0.25, -0.2) is 0 Å². The predicted molar refractivity (Wildman–Crippen MR) is 62.0 cm³/mol. The molecule has 1 atom stereocenters. The zero-order valence-corrected chi connectivity index (χ0v) is 10.1. The van der Waals surface area contributed by atoms with Crippen LogP contribution < -0.4 is 0 Å². The normalized spacial score (nSPS) is 19.8. The Hall–Kier alpha value is -1.12. The minimum absolute atomic E-state index is 0.0868. The molecule has 0 aromatic rings. The summed E-state index contributed by atoms with van der Waals surface area (Å²) in [6, 6.07) is 0. The van der Waals surface area contributed by atoms with Crippen LogP contribution in [-0.4, -0.2) is 17.9 Å². The van der Waals surface area contributed by atoms with Crippen LogP contribution >= 0.6 is 0 Å². The van der Waals surface area contributed by atoms with Gasteiger partial charge in [0.2, 0.25) is 0 Å². The molecule has 1 rings (SSSR count). The van der Waals surface area contributed by atoms with E-state index in [9.17, 15) is 9.59 Å². The summed E-state index contributed by atoms with van der Waals surface area (Å²) in [4.78, 5) is 22.6. The highest BCUT2D eigenvalue weighted by atomic mass is 16.5. The average molecular weight is 224 g/mol. The van der Waals surface area contributed by atoms with Crippen LogP contribution in [0.2, 0.25) is 0 Å². The summed E-state index contributed by atoms with van der Waals surface area (Å²) in [5, 5.41) is 0. The van der Waals surface area contributed by atoms with Crippen LogP contribution in [0.4, 0.5) is 0 Å². The van der Waals surface area contributed by atoms with Crippen LogP contribution in [0.25, 0.3) is 0 Å². The fraction of sp³-hybridized carbons (Fsp3) is 0.692. The molecular weight excluding hydrogens is 204 g/mol. The van der Waals surface area contributed by atoms with E-state index in [2.05, 4.69) is 6.92 Å². The van der Waals surface area contributed by atoms with Gasteiger partial charge in [-0.05, 0) is 25.0 Å². The lowest BCUT2D eigenvalue weighted by Crippen LogP contribution is -2.14. The van der Waals surface area contributed by atoms with Crippen molar-refractivity contribution < 1.29 is 14.3 Å². The smallest absolute Gasteiger partial charge is 0.306 e. The number of unbranched alkanes of at least 4 members (excludes halogenated alkanes) is 3. The molecule has 0 amide bonds. The van der Waals surface area contributed by atoms with Crippen molar-refractivity contribution in [1.82, 2.24) is 0 Å². The van der Waals surface area contributed by atoms with Crippen molar-refractivity contribution in [3.05, 3.63) is 11.6 Å². The first kappa shape index (κ1) is 12.9. The molecular formula is C13H20O3. The van der Waals surface area contributed by atoms with Gasteiger partial charge in [0.15, 0.2) is 5.78 Å². The maximum Gasteiger partial charge on any atom is 0.306 e. The van der Waals surface area contributed by atoms with Gasteiger partial charge in [0.1, 0.15) is 6.10 Å². The molecule has 0 fully saturated rings. The molecule has 3 heteroatoms. The molecule has 0 radical (unpaired) electrons. The Labute approximate surface area is 96.9 Å². The maximum absolute atomic E-state index is 11.4. The van der Waals surface area contributed by atoms with Crippen molar-refractivity contribution in [2.45, 2.75) is 58.5 Å². The van der Waals surface area contributed by atoms with Gasteiger partial charge in [-0.2, -0.15) is 0 Å². The van der Waals surface area contributed by atoms with Gasteiger partial charge in [-0.15, -0.1) is 0 Å². The standard InChI is InChI=1S/C13H20O3/c1-3-4-5-6-7-13(15)16-11-8-10(2)12(14)9-11/h8,11H,3-7,9H2,1-2H3. The van der Waals surface area contributed by atoms with Gasteiger partial charge in [0, 0.05) is 6.42 Å². The highest BCUT2D eigenvalue weighted by molar-refractivity contribution is 5.98. The molecule has 0 bridgehead atoms. The van der Waals surface area contributed by atoms with Crippen molar-refractivity contribution in [2.24, 2.45) is 0 Å². The lowest BCUT2D eigenvalue weighted by Gasteiger charge is -2.08. The van der Waals surface area contributed by atoms with Crippen LogP contribution in [0.3, 0.4) is 0 Å². The van der Waals surface area contributed by atoms with Crippen molar-refractivity contribution in [3.63, 3.8) is 0 Å². The number of hydrogen-bond acceptors (Lipinski definition) is 3. The number of carbonyl (C=O) groups excluding carboxylic acids is 2. The molecule has 0 saturated heterocycles. The van der Waals surface area contributed by atoms with Gasteiger partial charge < -0.3 is 4.74 Å². The summed E-state index contributed by atoms with van der Waals surface area (Å²) in [7, 11) is 0. The number of ether oxygens (including phenoxy) is 1. The zero-order chi connectivity index (χ0) is 12.0. The molecule has 0 saturated carbocycles. The number of allylic oxidation sites excluding steroid dienone is 1. The molecule has 0 heterocycles. The lowest BCUT2D eigenvalue weighted by molar-refractivity contribution is -0.147. The maximum atomic E-state index is 11.4. The summed E-state index contributed by atoms with van der Waals surface area (Å²) >= 11 is 0. The third-order valence-electron chi connectivity index (χ3n) is 2.78. The Morgan fingerprint density at radius 3 is 2.75 bits per heavy atom. The van der Waals surface area contributed by atoms with Crippen LogP contribution in [0.5, 0.6) is 0 Å². The van der Waals surface area contributed by atoms with E-state index >= 15 is 0 Å². The Balaban J connectivity index is 2.18.